The molecule has 1 aromatic carbocycles. The number of carbonyl (C=O) groups is 1. The van der Waals surface area contributed by atoms with Gasteiger partial charge in [0.1, 0.15) is 13.2 Å². The highest BCUT2D eigenvalue weighted by molar-refractivity contribution is 5.81. The molecule has 0 aliphatic heterocycles. The zero-order chi connectivity index (χ0) is 18.0. The molecular formula is C18H26BrF2NO3. The van der Waals surface area contributed by atoms with Crippen LogP contribution in [-0.2, 0) is 15.1 Å². The van der Waals surface area contributed by atoms with Crippen LogP contribution in [0.3, 0.4) is 0 Å². The van der Waals surface area contributed by atoms with E-state index in [2.05, 4.69) is 0 Å². The van der Waals surface area contributed by atoms with Crippen molar-refractivity contribution in [1.82, 2.24) is 0 Å². The molecule has 0 unspecified atom stereocenters. The van der Waals surface area contributed by atoms with Gasteiger partial charge in [-0.15, -0.1) is 0 Å². The number of nitrogens with zero attached hydrogens (tertiary/aromatic N) is 1. The minimum Gasteiger partial charge on any atom is -1.00 e. The SMILES string of the molecule is C[N+](C)(C)CCOC(=O)[C@](O)(c1ccccc1)[C@@H]1CCC(F)(F)C1.[Br-]. The fraction of sp³-hybridized carbons (Fsp3) is 0.611. The molecule has 4 nitrogen and oxygen atoms in total. The van der Waals surface area contributed by atoms with Gasteiger partial charge in [0, 0.05) is 18.8 Å². The first kappa shape index (κ1) is 22.0. The van der Waals surface area contributed by atoms with E-state index in [1.54, 1.807) is 30.3 Å². The number of likely N-dealkylation sites (N-methyl/N-ethyl adjacent to an activating group) is 1. The van der Waals surface area contributed by atoms with E-state index in [-0.39, 0.29) is 36.4 Å². The molecule has 0 heterocycles. The molecule has 2 atom stereocenters. The second kappa shape index (κ2) is 8.10. The standard InChI is InChI=1S/C18H26F2NO3.BrH/c1-21(2,3)11-12-24-16(22)18(23,14-7-5-4-6-8-14)15-9-10-17(19,20)13-15;/h4-8,15,23H,9-13H2,1-3H3;1H/q+1;/p-1/t15-,18+;/m1./s1. The van der Waals surface area contributed by atoms with Gasteiger partial charge in [0.25, 0.3) is 0 Å². The molecule has 25 heavy (non-hydrogen) atoms. The number of alkyl halides is 2. The number of ether oxygens (including phenoxy) is 1. The molecule has 0 bridgehead atoms. The lowest BCUT2D eigenvalue weighted by Crippen LogP contribution is -3.00. The summed E-state index contributed by atoms with van der Waals surface area (Å²) in [6.45, 7) is 0.692. The summed E-state index contributed by atoms with van der Waals surface area (Å²) in [7, 11) is 5.86. The summed E-state index contributed by atoms with van der Waals surface area (Å²) in [4.78, 5) is 12.6. The maximum atomic E-state index is 13.6. The number of halogens is 3. The van der Waals surface area contributed by atoms with Crippen LogP contribution in [0, 0.1) is 5.92 Å². The third-order valence-electron chi connectivity index (χ3n) is 4.51. The minimum atomic E-state index is -2.85. The van der Waals surface area contributed by atoms with E-state index in [0.29, 0.717) is 16.6 Å². The maximum Gasteiger partial charge on any atom is 0.343 e. The summed E-state index contributed by atoms with van der Waals surface area (Å²) in [6.07, 6.45) is -0.745. The lowest BCUT2D eigenvalue weighted by atomic mass is 9.80. The molecule has 142 valence electrons. The van der Waals surface area contributed by atoms with Crippen LogP contribution < -0.4 is 17.0 Å². The van der Waals surface area contributed by atoms with Crippen LogP contribution in [0.15, 0.2) is 30.3 Å². The van der Waals surface area contributed by atoms with Gasteiger partial charge < -0.3 is 31.3 Å². The Bertz CT molecular complexity index is 577. The smallest absolute Gasteiger partial charge is 0.343 e. The molecule has 1 aromatic rings. The van der Waals surface area contributed by atoms with Gasteiger partial charge in [-0.3, -0.25) is 0 Å². The molecule has 1 fully saturated rings. The van der Waals surface area contributed by atoms with Crippen LogP contribution in [0.1, 0.15) is 24.8 Å². The number of quaternary nitrogens is 1. The Balaban J connectivity index is 0.00000312. The predicted octanol–water partition coefficient (Wildman–Crippen LogP) is -0.437. The van der Waals surface area contributed by atoms with Crippen molar-refractivity contribution in [2.24, 2.45) is 5.92 Å². The molecule has 7 heteroatoms. The van der Waals surface area contributed by atoms with Gasteiger partial charge in [0.15, 0.2) is 5.60 Å². The van der Waals surface area contributed by atoms with E-state index in [9.17, 15) is 18.7 Å². The summed E-state index contributed by atoms with van der Waals surface area (Å²) in [5, 5.41) is 11.1. The molecule has 1 N–H and O–H groups in total. The van der Waals surface area contributed by atoms with Crippen LogP contribution in [0.2, 0.25) is 0 Å². The van der Waals surface area contributed by atoms with Gasteiger partial charge in [-0.1, -0.05) is 30.3 Å². The van der Waals surface area contributed by atoms with Crippen LogP contribution in [0.5, 0.6) is 0 Å². The van der Waals surface area contributed by atoms with Gasteiger partial charge in [0.2, 0.25) is 5.92 Å². The molecule has 1 aliphatic carbocycles. The number of rotatable bonds is 6. The van der Waals surface area contributed by atoms with E-state index < -0.39 is 29.8 Å². The van der Waals surface area contributed by atoms with Crippen molar-refractivity contribution in [2.75, 3.05) is 34.3 Å². The first-order valence-electron chi connectivity index (χ1n) is 8.18. The van der Waals surface area contributed by atoms with E-state index in [0.717, 1.165) is 0 Å². The van der Waals surface area contributed by atoms with Crippen molar-refractivity contribution in [3.05, 3.63) is 35.9 Å². The normalized spacial score (nSPS) is 21.9. The van der Waals surface area contributed by atoms with Crippen LogP contribution in [0.4, 0.5) is 8.78 Å². The quantitative estimate of drug-likeness (QED) is 0.500. The van der Waals surface area contributed by atoms with E-state index in [4.69, 9.17) is 4.74 Å². The van der Waals surface area contributed by atoms with Crippen molar-refractivity contribution >= 4 is 5.97 Å². The van der Waals surface area contributed by atoms with Crippen LogP contribution in [-0.4, -0.2) is 55.8 Å². The molecule has 0 spiro atoms. The monoisotopic (exact) mass is 421 g/mol. The Morgan fingerprint density at radius 3 is 2.40 bits per heavy atom. The lowest BCUT2D eigenvalue weighted by molar-refractivity contribution is -0.870. The molecular weight excluding hydrogens is 396 g/mol. The van der Waals surface area contributed by atoms with Crippen molar-refractivity contribution in [3.63, 3.8) is 0 Å². The zero-order valence-corrected chi connectivity index (χ0v) is 16.4. The number of carbonyl (C=O) groups excluding carboxylic acids is 1. The molecule has 2 rings (SSSR count). The minimum absolute atomic E-state index is 0. The van der Waals surface area contributed by atoms with Gasteiger partial charge >= 0.3 is 5.97 Å². The van der Waals surface area contributed by atoms with Crippen molar-refractivity contribution in [3.8, 4) is 0 Å². The summed E-state index contributed by atoms with van der Waals surface area (Å²) >= 11 is 0. The third-order valence-corrected chi connectivity index (χ3v) is 4.51. The Morgan fingerprint density at radius 2 is 1.92 bits per heavy atom. The Labute approximate surface area is 158 Å². The highest BCUT2D eigenvalue weighted by Gasteiger charge is 2.54. The number of benzene rings is 1. The van der Waals surface area contributed by atoms with Crippen LogP contribution in [0.25, 0.3) is 0 Å². The highest BCUT2D eigenvalue weighted by Crippen LogP contribution is 2.47. The van der Waals surface area contributed by atoms with Crippen molar-refractivity contribution < 1.29 is 44.9 Å². The molecule has 0 saturated heterocycles. The van der Waals surface area contributed by atoms with Gasteiger partial charge in [-0.2, -0.15) is 0 Å². The summed E-state index contributed by atoms with van der Waals surface area (Å²) < 4.78 is 33.2. The fourth-order valence-electron chi connectivity index (χ4n) is 3.04. The van der Waals surface area contributed by atoms with E-state index >= 15 is 0 Å². The van der Waals surface area contributed by atoms with Crippen molar-refractivity contribution in [1.29, 1.82) is 0 Å². The second-order valence-electron chi connectivity index (χ2n) is 7.58. The van der Waals surface area contributed by atoms with E-state index in [1.165, 1.54) is 0 Å². The summed E-state index contributed by atoms with van der Waals surface area (Å²) in [5.41, 5.74) is -1.73. The first-order valence-corrected chi connectivity index (χ1v) is 8.18. The first-order chi connectivity index (χ1) is 11.0. The Kier molecular flexibility index (Phi) is 7.12. The zero-order valence-electron chi connectivity index (χ0n) is 14.8. The number of hydrogen-bond donors (Lipinski definition) is 1. The lowest BCUT2D eigenvalue weighted by Gasteiger charge is -2.32. The molecule has 1 saturated carbocycles. The molecule has 0 radical (unpaired) electrons. The van der Waals surface area contributed by atoms with Crippen molar-refractivity contribution in [2.45, 2.75) is 30.8 Å². The fourth-order valence-corrected chi connectivity index (χ4v) is 3.04. The Hall–Kier alpha value is -1.05. The number of esters is 1. The van der Waals surface area contributed by atoms with Gasteiger partial charge in [-0.25, -0.2) is 13.6 Å². The molecule has 1 aliphatic rings. The summed E-state index contributed by atoms with van der Waals surface area (Å²) in [5.74, 6) is -4.55. The van der Waals surface area contributed by atoms with Crippen LogP contribution >= 0.6 is 0 Å². The maximum absolute atomic E-state index is 13.6. The van der Waals surface area contributed by atoms with Gasteiger partial charge in [-0.05, 0) is 12.0 Å². The number of aliphatic hydroxyl groups is 1. The average Bonchev–Trinajstić information content (AvgIpc) is 2.86. The topological polar surface area (TPSA) is 46.5 Å². The van der Waals surface area contributed by atoms with Gasteiger partial charge in [0.05, 0.1) is 21.1 Å². The average molecular weight is 422 g/mol. The largest absolute Gasteiger partial charge is 1.00 e. The molecule has 0 amide bonds. The predicted molar refractivity (Wildman–Crippen MR) is 86.5 cm³/mol. The third kappa shape index (κ3) is 5.46. The van der Waals surface area contributed by atoms with E-state index in [1.807, 2.05) is 21.1 Å². The highest BCUT2D eigenvalue weighted by atomic mass is 79.9. The Morgan fingerprint density at radius 1 is 1.32 bits per heavy atom. The summed E-state index contributed by atoms with van der Waals surface area (Å²) in [6, 6.07) is 8.25. The second-order valence-corrected chi connectivity index (χ2v) is 7.58. The number of hydrogen-bond acceptors (Lipinski definition) is 3. The molecule has 0 aromatic heterocycles.